The Bertz CT molecular complexity index is 344. The van der Waals surface area contributed by atoms with Crippen molar-refractivity contribution in [2.75, 3.05) is 13.2 Å². The van der Waals surface area contributed by atoms with E-state index in [1.807, 2.05) is 30.4 Å². The molecule has 0 unspecified atom stereocenters. The number of aryl methyl sites for hydroxylation is 1. The van der Waals surface area contributed by atoms with E-state index in [9.17, 15) is 0 Å². The summed E-state index contributed by atoms with van der Waals surface area (Å²) in [5.74, 6) is 0. The van der Waals surface area contributed by atoms with Crippen LogP contribution in [-0.2, 0) is 17.9 Å². The molecule has 0 bridgehead atoms. The minimum absolute atomic E-state index is 0.704. The van der Waals surface area contributed by atoms with E-state index in [1.54, 1.807) is 0 Å². The number of thiophene rings is 1. The van der Waals surface area contributed by atoms with Crippen LogP contribution in [0.3, 0.4) is 0 Å². The number of allylic oxidation sites excluding steroid dienone is 1. The molecule has 1 N–H and O–H groups in total. The summed E-state index contributed by atoms with van der Waals surface area (Å²) in [6.45, 7) is 9.86. The SMILES string of the molecule is C/C=C/COCc1cc(CNCCC)sc1C. The van der Waals surface area contributed by atoms with Crippen LogP contribution >= 0.6 is 11.3 Å². The molecule has 0 spiro atoms. The van der Waals surface area contributed by atoms with Crippen molar-refractivity contribution in [1.82, 2.24) is 5.32 Å². The van der Waals surface area contributed by atoms with Crippen LogP contribution in [0.5, 0.6) is 0 Å². The summed E-state index contributed by atoms with van der Waals surface area (Å²) in [5, 5.41) is 3.43. The average molecular weight is 253 g/mol. The van der Waals surface area contributed by atoms with E-state index >= 15 is 0 Å². The molecule has 96 valence electrons. The highest BCUT2D eigenvalue weighted by molar-refractivity contribution is 7.12. The van der Waals surface area contributed by atoms with Crippen LogP contribution in [0.1, 0.15) is 35.6 Å². The van der Waals surface area contributed by atoms with Crippen molar-refractivity contribution in [1.29, 1.82) is 0 Å². The van der Waals surface area contributed by atoms with Crippen LogP contribution in [0, 0.1) is 6.92 Å². The smallest absolute Gasteiger partial charge is 0.0731 e. The summed E-state index contributed by atoms with van der Waals surface area (Å²) < 4.78 is 5.58. The lowest BCUT2D eigenvalue weighted by atomic mass is 10.2. The normalized spacial score (nSPS) is 11.5. The van der Waals surface area contributed by atoms with Crippen LogP contribution in [0.25, 0.3) is 0 Å². The first-order valence-electron chi connectivity index (χ1n) is 6.25. The minimum Gasteiger partial charge on any atom is -0.373 e. The van der Waals surface area contributed by atoms with E-state index in [1.165, 1.54) is 21.7 Å². The molecule has 0 radical (unpaired) electrons. The van der Waals surface area contributed by atoms with Gasteiger partial charge in [-0.25, -0.2) is 0 Å². The fourth-order valence-corrected chi connectivity index (χ4v) is 2.56. The summed E-state index contributed by atoms with van der Waals surface area (Å²) in [6.07, 6.45) is 5.23. The topological polar surface area (TPSA) is 21.3 Å². The average Bonchev–Trinajstić information content (AvgIpc) is 2.66. The molecule has 1 aromatic rings. The van der Waals surface area contributed by atoms with Crippen molar-refractivity contribution in [2.45, 2.75) is 40.3 Å². The maximum absolute atomic E-state index is 5.58. The lowest BCUT2D eigenvalue weighted by molar-refractivity contribution is 0.148. The van der Waals surface area contributed by atoms with Crippen molar-refractivity contribution < 1.29 is 4.74 Å². The number of hydrogen-bond donors (Lipinski definition) is 1. The van der Waals surface area contributed by atoms with Gasteiger partial charge in [0.2, 0.25) is 0 Å². The van der Waals surface area contributed by atoms with Crippen LogP contribution in [0.2, 0.25) is 0 Å². The van der Waals surface area contributed by atoms with E-state index in [2.05, 4.69) is 25.2 Å². The summed E-state index contributed by atoms with van der Waals surface area (Å²) in [6, 6.07) is 2.26. The van der Waals surface area contributed by atoms with Crippen molar-refractivity contribution >= 4 is 11.3 Å². The van der Waals surface area contributed by atoms with Crippen molar-refractivity contribution in [3.05, 3.63) is 33.5 Å². The maximum atomic E-state index is 5.58. The molecular weight excluding hydrogens is 230 g/mol. The number of rotatable bonds is 8. The Balaban J connectivity index is 2.38. The second-order valence-electron chi connectivity index (χ2n) is 4.06. The Kier molecular flexibility index (Phi) is 7.17. The highest BCUT2D eigenvalue weighted by atomic mass is 32.1. The summed E-state index contributed by atoms with van der Waals surface area (Å²) in [4.78, 5) is 2.78. The van der Waals surface area contributed by atoms with E-state index in [4.69, 9.17) is 4.74 Å². The zero-order valence-electron chi connectivity index (χ0n) is 11.1. The highest BCUT2D eigenvalue weighted by Crippen LogP contribution is 2.22. The van der Waals surface area contributed by atoms with Gasteiger partial charge in [0.15, 0.2) is 0 Å². The molecule has 2 nitrogen and oxygen atoms in total. The third-order valence-corrected chi connectivity index (χ3v) is 3.60. The quantitative estimate of drug-likeness (QED) is 0.564. The van der Waals surface area contributed by atoms with Gasteiger partial charge in [0.25, 0.3) is 0 Å². The van der Waals surface area contributed by atoms with E-state index in [0.29, 0.717) is 6.61 Å². The van der Waals surface area contributed by atoms with Crippen molar-refractivity contribution in [2.24, 2.45) is 0 Å². The van der Waals surface area contributed by atoms with Crippen molar-refractivity contribution in [3.8, 4) is 0 Å². The first-order valence-corrected chi connectivity index (χ1v) is 7.07. The van der Waals surface area contributed by atoms with E-state index < -0.39 is 0 Å². The fraction of sp³-hybridized carbons (Fsp3) is 0.571. The van der Waals surface area contributed by atoms with Crippen LogP contribution in [0.15, 0.2) is 18.2 Å². The molecule has 0 fully saturated rings. The molecule has 17 heavy (non-hydrogen) atoms. The molecule has 0 amide bonds. The molecule has 1 rings (SSSR count). The number of ether oxygens (including phenoxy) is 1. The predicted octanol–water partition coefficient (Wildman–Crippen LogP) is 3.65. The second kappa shape index (κ2) is 8.45. The Morgan fingerprint density at radius 1 is 1.47 bits per heavy atom. The zero-order valence-corrected chi connectivity index (χ0v) is 11.9. The molecule has 0 saturated carbocycles. The predicted molar refractivity (Wildman–Crippen MR) is 75.5 cm³/mol. The standard InChI is InChI=1S/C14H23NOS/c1-4-6-8-16-11-13-9-14(17-12(13)3)10-15-7-5-2/h4,6,9,15H,5,7-8,10-11H2,1-3H3/b6-4+. The Morgan fingerprint density at radius 3 is 3.00 bits per heavy atom. The Labute approximate surface area is 109 Å². The van der Waals surface area contributed by atoms with Gasteiger partial charge in [-0.1, -0.05) is 19.1 Å². The molecule has 0 atom stereocenters. The number of nitrogens with one attached hydrogen (secondary N) is 1. The molecule has 1 aromatic heterocycles. The van der Waals surface area contributed by atoms with Crippen LogP contribution in [-0.4, -0.2) is 13.2 Å². The van der Waals surface area contributed by atoms with Gasteiger partial charge in [0.1, 0.15) is 0 Å². The van der Waals surface area contributed by atoms with Gasteiger partial charge in [0, 0.05) is 16.3 Å². The van der Waals surface area contributed by atoms with Gasteiger partial charge in [-0.15, -0.1) is 11.3 Å². The molecule has 0 saturated heterocycles. The minimum atomic E-state index is 0.704. The van der Waals surface area contributed by atoms with Crippen molar-refractivity contribution in [3.63, 3.8) is 0 Å². The van der Waals surface area contributed by atoms with Gasteiger partial charge >= 0.3 is 0 Å². The van der Waals surface area contributed by atoms with E-state index in [0.717, 1.165) is 19.7 Å². The lowest BCUT2D eigenvalue weighted by Gasteiger charge is -2.00. The van der Waals surface area contributed by atoms with Gasteiger partial charge in [-0.05, 0) is 38.4 Å². The Hall–Kier alpha value is -0.640. The lowest BCUT2D eigenvalue weighted by Crippen LogP contribution is -2.12. The number of hydrogen-bond acceptors (Lipinski definition) is 3. The molecule has 0 aliphatic heterocycles. The monoisotopic (exact) mass is 253 g/mol. The van der Waals surface area contributed by atoms with Gasteiger partial charge in [0.05, 0.1) is 13.2 Å². The molecular formula is C14H23NOS. The van der Waals surface area contributed by atoms with Gasteiger partial charge in [-0.2, -0.15) is 0 Å². The first-order chi connectivity index (χ1) is 8.27. The summed E-state index contributed by atoms with van der Waals surface area (Å²) >= 11 is 1.87. The fourth-order valence-electron chi connectivity index (χ4n) is 1.54. The largest absolute Gasteiger partial charge is 0.373 e. The molecule has 0 aliphatic carbocycles. The summed E-state index contributed by atoms with van der Waals surface area (Å²) in [7, 11) is 0. The Morgan fingerprint density at radius 2 is 2.29 bits per heavy atom. The second-order valence-corrected chi connectivity index (χ2v) is 5.40. The molecule has 1 heterocycles. The van der Waals surface area contributed by atoms with Gasteiger partial charge < -0.3 is 10.1 Å². The highest BCUT2D eigenvalue weighted by Gasteiger charge is 2.04. The molecule has 3 heteroatoms. The van der Waals surface area contributed by atoms with E-state index in [-0.39, 0.29) is 0 Å². The maximum Gasteiger partial charge on any atom is 0.0731 e. The van der Waals surface area contributed by atoms with Crippen LogP contribution < -0.4 is 5.32 Å². The first kappa shape index (κ1) is 14.4. The van der Waals surface area contributed by atoms with Crippen LogP contribution in [0.4, 0.5) is 0 Å². The summed E-state index contributed by atoms with van der Waals surface area (Å²) in [5.41, 5.74) is 1.33. The zero-order chi connectivity index (χ0) is 12.5. The third-order valence-electron chi connectivity index (χ3n) is 2.50. The molecule has 0 aliphatic rings. The third kappa shape index (κ3) is 5.48. The molecule has 0 aromatic carbocycles. The van der Waals surface area contributed by atoms with Gasteiger partial charge in [-0.3, -0.25) is 0 Å².